The number of benzene rings is 1. The quantitative estimate of drug-likeness (QED) is 0.822. The lowest BCUT2D eigenvalue weighted by Gasteiger charge is -2.21. The first-order valence-corrected chi connectivity index (χ1v) is 6.23. The van der Waals surface area contributed by atoms with Crippen molar-refractivity contribution in [3.8, 4) is 0 Å². The van der Waals surface area contributed by atoms with Crippen molar-refractivity contribution in [3.05, 3.63) is 35.1 Å². The van der Waals surface area contributed by atoms with Crippen molar-refractivity contribution in [1.82, 2.24) is 5.32 Å². The van der Waals surface area contributed by atoms with Crippen molar-refractivity contribution in [2.24, 2.45) is 10.9 Å². The zero-order valence-corrected chi connectivity index (χ0v) is 11.6. The van der Waals surface area contributed by atoms with Crippen molar-refractivity contribution in [2.75, 3.05) is 7.11 Å². The normalized spacial score (nSPS) is 18.0. The Balaban J connectivity index is 2.24. The van der Waals surface area contributed by atoms with Gasteiger partial charge in [-0.2, -0.15) is 0 Å². The highest BCUT2D eigenvalue weighted by Crippen LogP contribution is 2.18. The van der Waals surface area contributed by atoms with Crippen LogP contribution in [0.25, 0.3) is 0 Å². The maximum atomic E-state index is 14.0. The molecule has 0 saturated heterocycles. The van der Waals surface area contributed by atoms with Crippen molar-refractivity contribution >= 4 is 23.5 Å². The van der Waals surface area contributed by atoms with E-state index >= 15 is 0 Å². The summed E-state index contributed by atoms with van der Waals surface area (Å²) in [6.07, 6.45) is 0.113. The number of carbonyl (C=O) groups excluding carboxylic acids is 2. The molecule has 2 N–H and O–H groups in total. The summed E-state index contributed by atoms with van der Waals surface area (Å²) in [5.41, 5.74) is 0.866. The minimum Gasteiger partial charge on any atom is -0.465 e. The number of rotatable bonds is 3. The van der Waals surface area contributed by atoms with Gasteiger partial charge in [-0.05, 0) is 31.0 Å². The number of methoxy groups -OCH3 is 1. The molecule has 0 fully saturated rings. The van der Waals surface area contributed by atoms with Crippen LogP contribution in [0.2, 0.25) is 0 Å². The standard InChI is InChI=1S/C14H14FN3O3/c1-7-10(12(19)18-14(16)17-7)5-8-3-4-9(6-11(8)15)13(20)21-2/h3-4,6,10H,5H2,1-2H3,(H2,16,18,19). The van der Waals surface area contributed by atoms with Crippen LogP contribution in [0.15, 0.2) is 23.2 Å². The fraction of sp³-hybridized carbons (Fsp3) is 0.286. The molecular weight excluding hydrogens is 277 g/mol. The molecule has 0 spiro atoms. The number of hydrogen-bond donors (Lipinski definition) is 2. The number of nitrogens with one attached hydrogen (secondary N) is 2. The minimum atomic E-state index is -0.627. The molecule has 0 bridgehead atoms. The zero-order chi connectivity index (χ0) is 15.6. The highest BCUT2D eigenvalue weighted by molar-refractivity contribution is 6.16. The topological polar surface area (TPSA) is 91.6 Å². The van der Waals surface area contributed by atoms with E-state index in [0.717, 1.165) is 6.07 Å². The Hall–Kier alpha value is -2.57. The van der Waals surface area contributed by atoms with E-state index in [1.165, 1.54) is 19.2 Å². The number of guanidine groups is 1. The highest BCUT2D eigenvalue weighted by atomic mass is 19.1. The molecule has 110 valence electrons. The van der Waals surface area contributed by atoms with E-state index in [1.807, 2.05) is 0 Å². The van der Waals surface area contributed by atoms with E-state index in [1.54, 1.807) is 6.92 Å². The molecule has 1 amide bonds. The van der Waals surface area contributed by atoms with Gasteiger partial charge < -0.3 is 4.74 Å². The Bertz CT molecular complexity index is 655. The maximum Gasteiger partial charge on any atom is 0.337 e. The lowest BCUT2D eigenvalue weighted by atomic mass is 9.92. The lowest BCUT2D eigenvalue weighted by molar-refractivity contribution is -0.121. The van der Waals surface area contributed by atoms with Crippen molar-refractivity contribution < 1.29 is 18.7 Å². The molecule has 7 heteroatoms. The third-order valence-corrected chi connectivity index (χ3v) is 3.25. The number of aliphatic imine (C=N–C) groups is 1. The molecule has 1 heterocycles. The lowest BCUT2D eigenvalue weighted by Crippen LogP contribution is -2.43. The molecule has 2 rings (SSSR count). The Kier molecular flexibility index (Phi) is 4.11. The number of ether oxygens (including phenoxy) is 1. The summed E-state index contributed by atoms with van der Waals surface area (Å²) in [6.45, 7) is 1.62. The van der Waals surface area contributed by atoms with Gasteiger partial charge in [-0.25, -0.2) is 14.2 Å². The van der Waals surface area contributed by atoms with Gasteiger partial charge in [-0.3, -0.25) is 15.5 Å². The molecule has 1 aliphatic rings. The molecule has 1 unspecified atom stereocenters. The van der Waals surface area contributed by atoms with Crippen LogP contribution >= 0.6 is 0 Å². The van der Waals surface area contributed by atoms with E-state index in [-0.39, 0.29) is 23.9 Å². The summed E-state index contributed by atoms with van der Waals surface area (Å²) in [5.74, 6) is -2.43. The second kappa shape index (κ2) is 5.82. The molecule has 1 aromatic rings. The Morgan fingerprint density at radius 1 is 1.52 bits per heavy atom. The summed E-state index contributed by atoms with van der Waals surface area (Å²) >= 11 is 0. The second-order valence-corrected chi connectivity index (χ2v) is 4.65. The first-order valence-electron chi connectivity index (χ1n) is 6.23. The van der Waals surface area contributed by atoms with Gasteiger partial charge in [-0.1, -0.05) is 6.07 Å². The van der Waals surface area contributed by atoms with Crippen LogP contribution in [0.3, 0.4) is 0 Å². The van der Waals surface area contributed by atoms with Crippen LogP contribution in [-0.4, -0.2) is 30.7 Å². The molecule has 0 radical (unpaired) electrons. The molecule has 21 heavy (non-hydrogen) atoms. The number of amides is 1. The van der Waals surface area contributed by atoms with Crippen LogP contribution in [-0.2, 0) is 16.0 Å². The second-order valence-electron chi connectivity index (χ2n) is 4.65. The SMILES string of the molecule is COC(=O)c1ccc(CC2C(=O)NC(=N)N=C2C)c(F)c1. The van der Waals surface area contributed by atoms with E-state index in [9.17, 15) is 14.0 Å². The van der Waals surface area contributed by atoms with Crippen molar-refractivity contribution in [2.45, 2.75) is 13.3 Å². The largest absolute Gasteiger partial charge is 0.465 e. The smallest absolute Gasteiger partial charge is 0.337 e. The Morgan fingerprint density at radius 3 is 2.81 bits per heavy atom. The fourth-order valence-electron chi connectivity index (χ4n) is 2.09. The van der Waals surface area contributed by atoms with Gasteiger partial charge in [0.2, 0.25) is 11.9 Å². The third-order valence-electron chi connectivity index (χ3n) is 3.25. The molecule has 1 aliphatic heterocycles. The molecule has 0 aromatic heterocycles. The Labute approximate surface area is 120 Å². The van der Waals surface area contributed by atoms with Crippen LogP contribution in [0.1, 0.15) is 22.8 Å². The molecule has 0 aliphatic carbocycles. The molecular formula is C14H14FN3O3. The maximum absolute atomic E-state index is 14.0. The van der Waals surface area contributed by atoms with Gasteiger partial charge in [0.25, 0.3) is 0 Å². The summed E-state index contributed by atoms with van der Waals surface area (Å²) in [6, 6.07) is 3.97. The third kappa shape index (κ3) is 3.13. The van der Waals surface area contributed by atoms with E-state index in [0.29, 0.717) is 11.3 Å². The molecule has 6 nitrogen and oxygen atoms in total. The number of carbonyl (C=O) groups is 2. The van der Waals surface area contributed by atoms with Crippen LogP contribution in [0.5, 0.6) is 0 Å². The first kappa shape index (κ1) is 14.8. The zero-order valence-electron chi connectivity index (χ0n) is 11.6. The number of esters is 1. The van der Waals surface area contributed by atoms with Crippen LogP contribution < -0.4 is 5.32 Å². The predicted molar refractivity (Wildman–Crippen MR) is 73.9 cm³/mol. The predicted octanol–water partition coefficient (Wildman–Crippen LogP) is 1.30. The van der Waals surface area contributed by atoms with E-state index in [4.69, 9.17) is 5.41 Å². The fourth-order valence-corrected chi connectivity index (χ4v) is 2.09. The summed E-state index contributed by atoms with van der Waals surface area (Å²) in [4.78, 5) is 27.0. The van der Waals surface area contributed by atoms with Crippen LogP contribution in [0.4, 0.5) is 4.39 Å². The summed E-state index contributed by atoms with van der Waals surface area (Å²) in [7, 11) is 1.22. The highest BCUT2D eigenvalue weighted by Gasteiger charge is 2.28. The average Bonchev–Trinajstić information content (AvgIpc) is 2.43. The average molecular weight is 291 g/mol. The van der Waals surface area contributed by atoms with Crippen molar-refractivity contribution in [1.29, 1.82) is 5.41 Å². The van der Waals surface area contributed by atoms with Crippen molar-refractivity contribution in [3.63, 3.8) is 0 Å². The molecule has 1 atom stereocenters. The van der Waals surface area contributed by atoms with Gasteiger partial charge in [-0.15, -0.1) is 0 Å². The van der Waals surface area contributed by atoms with Gasteiger partial charge in [0.15, 0.2) is 0 Å². The van der Waals surface area contributed by atoms with E-state index < -0.39 is 17.7 Å². The molecule has 1 aromatic carbocycles. The van der Waals surface area contributed by atoms with Gasteiger partial charge in [0, 0.05) is 5.71 Å². The summed E-state index contributed by atoms with van der Waals surface area (Å²) in [5, 5.41) is 9.61. The number of nitrogens with zero attached hydrogens (tertiary/aromatic N) is 1. The monoisotopic (exact) mass is 291 g/mol. The molecule has 0 saturated carbocycles. The van der Waals surface area contributed by atoms with Gasteiger partial charge >= 0.3 is 5.97 Å². The Morgan fingerprint density at radius 2 is 2.24 bits per heavy atom. The van der Waals surface area contributed by atoms with E-state index in [2.05, 4.69) is 15.0 Å². The van der Waals surface area contributed by atoms with Gasteiger partial charge in [0.05, 0.1) is 18.6 Å². The first-order chi connectivity index (χ1) is 9.92. The number of halogens is 1. The summed E-state index contributed by atoms with van der Waals surface area (Å²) < 4.78 is 18.5. The van der Waals surface area contributed by atoms with Crippen LogP contribution in [0, 0.1) is 17.1 Å². The van der Waals surface area contributed by atoms with Gasteiger partial charge in [0.1, 0.15) is 5.82 Å². The minimum absolute atomic E-state index is 0.110. The number of hydrogen-bond acceptors (Lipinski definition) is 4.